The molecule has 0 heteroatoms. The van der Waals surface area contributed by atoms with Gasteiger partial charge in [0.25, 0.3) is 0 Å². The van der Waals surface area contributed by atoms with Gasteiger partial charge in [0, 0.05) is 0 Å². The van der Waals surface area contributed by atoms with Gasteiger partial charge in [-0.2, -0.15) is 0 Å². The molecule has 0 N–H and O–H groups in total. The SMILES string of the molecule is CC1CCCC1=C1CCCC1. The molecule has 1 unspecified atom stereocenters. The molecule has 0 aliphatic heterocycles. The van der Waals surface area contributed by atoms with Crippen LogP contribution in [-0.4, -0.2) is 0 Å². The Morgan fingerprint density at radius 1 is 1.00 bits per heavy atom. The fourth-order valence-corrected chi connectivity index (χ4v) is 2.67. The van der Waals surface area contributed by atoms with Gasteiger partial charge in [0.05, 0.1) is 0 Å². The number of hydrogen-bond donors (Lipinski definition) is 0. The van der Waals surface area contributed by atoms with Crippen molar-refractivity contribution in [3.8, 4) is 0 Å². The molecule has 2 saturated carbocycles. The maximum Gasteiger partial charge on any atom is -0.0229 e. The predicted octanol–water partition coefficient (Wildman–Crippen LogP) is 3.68. The lowest BCUT2D eigenvalue weighted by Gasteiger charge is -2.08. The Kier molecular flexibility index (Phi) is 2.02. The standard InChI is InChI=1S/C11H18/c1-9-5-4-8-11(9)10-6-2-3-7-10/h9H,2-8H2,1H3. The number of hydrogen-bond acceptors (Lipinski definition) is 0. The molecular weight excluding hydrogens is 132 g/mol. The summed E-state index contributed by atoms with van der Waals surface area (Å²) in [6.45, 7) is 2.41. The lowest BCUT2D eigenvalue weighted by atomic mass is 9.98. The Balaban J connectivity index is 2.16. The van der Waals surface area contributed by atoms with Crippen LogP contribution in [0.15, 0.2) is 11.1 Å². The normalized spacial score (nSPS) is 31.9. The lowest BCUT2D eigenvalue weighted by Crippen LogP contribution is -1.92. The Morgan fingerprint density at radius 2 is 1.73 bits per heavy atom. The van der Waals surface area contributed by atoms with E-state index in [4.69, 9.17) is 0 Å². The molecule has 2 aliphatic carbocycles. The first-order chi connectivity index (χ1) is 5.38. The van der Waals surface area contributed by atoms with Crippen molar-refractivity contribution in [1.29, 1.82) is 0 Å². The zero-order valence-electron chi connectivity index (χ0n) is 7.53. The average molecular weight is 150 g/mol. The highest BCUT2D eigenvalue weighted by molar-refractivity contribution is 5.21. The molecule has 0 radical (unpaired) electrons. The lowest BCUT2D eigenvalue weighted by molar-refractivity contribution is 0.688. The Labute approximate surface area is 69.7 Å². The molecule has 0 aromatic carbocycles. The van der Waals surface area contributed by atoms with Crippen molar-refractivity contribution in [2.75, 3.05) is 0 Å². The van der Waals surface area contributed by atoms with Gasteiger partial charge in [-0.15, -0.1) is 0 Å². The monoisotopic (exact) mass is 150 g/mol. The molecule has 0 saturated heterocycles. The van der Waals surface area contributed by atoms with E-state index in [1.54, 1.807) is 0 Å². The van der Waals surface area contributed by atoms with Gasteiger partial charge < -0.3 is 0 Å². The molecule has 0 nitrogen and oxygen atoms in total. The van der Waals surface area contributed by atoms with Crippen LogP contribution in [0.4, 0.5) is 0 Å². The molecule has 0 spiro atoms. The predicted molar refractivity (Wildman–Crippen MR) is 48.5 cm³/mol. The van der Waals surface area contributed by atoms with E-state index < -0.39 is 0 Å². The summed E-state index contributed by atoms with van der Waals surface area (Å²) >= 11 is 0. The van der Waals surface area contributed by atoms with E-state index in [0.717, 1.165) is 5.92 Å². The molecule has 0 bridgehead atoms. The molecule has 0 aromatic heterocycles. The minimum absolute atomic E-state index is 0.933. The van der Waals surface area contributed by atoms with Crippen LogP contribution in [0, 0.1) is 5.92 Å². The Hall–Kier alpha value is -0.260. The first-order valence-electron chi connectivity index (χ1n) is 5.08. The van der Waals surface area contributed by atoms with Gasteiger partial charge >= 0.3 is 0 Å². The molecule has 0 heterocycles. The van der Waals surface area contributed by atoms with Crippen LogP contribution in [0.1, 0.15) is 51.9 Å². The summed E-state index contributed by atoms with van der Waals surface area (Å²) in [5, 5.41) is 0. The first-order valence-corrected chi connectivity index (χ1v) is 5.08. The fraction of sp³-hybridized carbons (Fsp3) is 0.818. The summed E-state index contributed by atoms with van der Waals surface area (Å²) in [4.78, 5) is 0. The summed E-state index contributed by atoms with van der Waals surface area (Å²) in [6, 6.07) is 0. The highest BCUT2D eigenvalue weighted by Crippen LogP contribution is 2.38. The van der Waals surface area contributed by atoms with Crippen molar-refractivity contribution in [3.05, 3.63) is 11.1 Å². The quantitative estimate of drug-likeness (QED) is 0.462. The zero-order chi connectivity index (χ0) is 7.68. The van der Waals surface area contributed by atoms with Crippen molar-refractivity contribution in [2.45, 2.75) is 51.9 Å². The van der Waals surface area contributed by atoms with Crippen molar-refractivity contribution >= 4 is 0 Å². The molecular formula is C11H18. The highest BCUT2D eigenvalue weighted by Gasteiger charge is 2.21. The third-order valence-corrected chi connectivity index (χ3v) is 3.34. The van der Waals surface area contributed by atoms with Crippen LogP contribution in [0.5, 0.6) is 0 Å². The van der Waals surface area contributed by atoms with Gasteiger partial charge in [-0.25, -0.2) is 0 Å². The van der Waals surface area contributed by atoms with E-state index in [-0.39, 0.29) is 0 Å². The second kappa shape index (κ2) is 3.00. The fourth-order valence-electron chi connectivity index (χ4n) is 2.67. The van der Waals surface area contributed by atoms with E-state index >= 15 is 0 Å². The highest BCUT2D eigenvalue weighted by atomic mass is 14.3. The maximum atomic E-state index is 2.41. The summed E-state index contributed by atoms with van der Waals surface area (Å²) in [7, 11) is 0. The van der Waals surface area contributed by atoms with Crippen LogP contribution in [0.25, 0.3) is 0 Å². The third-order valence-electron chi connectivity index (χ3n) is 3.34. The van der Waals surface area contributed by atoms with E-state index in [1.807, 2.05) is 11.1 Å². The van der Waals surface area contributed by atoms with E-state index in [0.29, 0.717) is 0 Å². The summed E-state index contributed by atoms with van der Waals surface area (Å²) in [6.07, 6.45) is 10.1. The van der Waals surface area contributed by atoms with E-state index in [1.165, 1.54) is 44.9 Å². The van der Waals surface area contributed by atoms with E-state index in [2.05, 4.69) is 6.92 Å². The largest absolute Gasteiger partial charge is 0.0707 e. The maximum absolute atomic E-state index is 2.41. The first kappa shape index (κ1) is 7.39. The van der Waals surface area contributed by atoms with Gasteiger partial charge in [0.1, 0.15) is 0 Å². The number of allylic oxidation sites excluding steroid dienone is 2. The smallest absolute Gasteiger partial charge is 0.0229 e. The van der Waals surface area contributed by atoms with Gasteiger partial charge in [0.2, 0.25) is 0 Å². The summed E-state index contributed by atoms with van der Waals surface area (Å²) in [5.74, 6) is 0.933. The zero-order valence-corrected chi connectivity index (χ0v) is 7.53. The molecule has 0 aromatic rings. The topological polar surface area (TPSA) is 0 Å². The van der Waals surface area contributed by atoms with Crippen molar-refractivity contribution in [2.24, 2.45) is 5.92 Å². The second-order valence-electron chi connectivity index (χ2n) is 4.13. The molecule has 62 valence electrons. The third kappa shape index (κ3) is 1.36. The van der Waals surface area contributed by atoms with Crippen LogP contribution >= 0.6 is 0 Å². The van der Waals surface area contributed by atoms with Gasteiger partial charge in [-0.1, -0.05) is 18.1 Å². The summed E-state index contributed by atoms with van der Waals surface area (Å²) in [5.41, 5.74) is 3.69. The minimum atomic E-state index is 0.933. The van der Waals surface area contributed by atoms with Gasteiger partial charge in [-0.3, -0.25) is 0 Å². The number of rotatable bonds is 0. The van der Waals surface area contributed by atoms with Crippen molar-refractivity contribution in [3.63, 3.8) is 0 Å². The van der Waals surface area contributed by atoms with Crippen molar-refractivity contribution < 1.29 is 0 Å². The van der Waals surface area contributed by atoms with Crippen LogP contribution in [0.2, 0.25) is 0 Å². The van der Waals surface area contributed by atoms with Gasteiger partial charge in [0.15, 0.2) is 0 Å². The van der Waals surface area contributed by atoms with E-state index in [9.17, 15) is 0 Å². The molecule has 2 fully saturated rings. The van der Waals surface area contributed by atoms with Crippen LogP contribution in [0.3, 0.4) is 0 Å². The van der Waals surface area contributed by atoms with Gasteiger partial charge in [-0.05, 0) is 50.9 Å². The molecule has 1 atom stereocenters. The molecule has 2 rings (SSSR count). The average Bonchev–Trinajstić information content (AvgIpc) is 2.55. The van der Waals surface area contributed by atoms with Crippen molar-refractivity contribution in [1.82, 2.24) is 0 Å². The molecule has 2 aliphatic rings. The van der Waals surface area contributed by atoms with Crippen LogP contribution in [-0.2, 0) is 0 Å². The minimum Gasteiger partial charge on any atom is -0.0707 e. The molecule has 11 heavy (non-hydrogen) atoms. The Bertz CT molecular complexity index is 168. The Morgan fingerprint density at radius 3 is 2.27 bits per heavy atom. The van der Waals surface area contributed by atoms with Crippen LogP contribution < -0.4 is 0 Å². The second-order valence-corrected chi connectivity index (χ2v) is 4.13. The molecule has 0 amide bonds. The summed E-state index contributed by atoms with van der Waals surface area (Å²) < 4.78 is 0.